The maximum absolute atomic E-state index is 13.9. The van der Waals surface area contributed by atoms with E-state index >= 15 is 0 Å². The van der Waals surface area contributed by atoms with Gasteiger partial charge in [-0.3, -0.25) is 0 Å². The lowest BCUT2D eigenvalue weighted by atomic mass is 10.1. The molecule has 0 fully saturated rings. The van der Waals surface area contributed by atoms with E-state index in [9.17, 15) is 4.39 Å². The summed E-state index contributed by atoms with van der Waals surface area (Å²) >= 11 is 0. The zero-order valence-electron chi connectivity index (χ0n) is 10.4. The van der Waals surface area contributed by atoms with Crippen molar-refractivity contribution in [1.29, 1.82) is 0 Å². The molecule has 1 aromatic heterocycles. The van der Waals surface area contributed by atoms with E-state index in [1.807, 2.05) is 13.1 Å². The standard InChI is InChI=1S/C14H16FN3/c1-16-9-13-17-14(12-7-4-8-18(12)13)10-5-2-3-6-11(10)15/h2-3,5-6,16H,4,7-9H2,1H3. The molecule has 0 spiro atoms. The molecule has 0 unspecified atom stereocenters. The molecule has 0 saturated heterocycles. The first kappa shape index (κ1) is 11.4. The molecular formula is C14H16FN3. The Labute approximate surface area is 106 Å². The van der Waals surface area contributed by atoms with E-state index in [0.29, 0.717) is 5.56 Å². The van der Waals surface area contributed by atoms with Gasteiger partial charge in [-0.1, -0.05) is 12.1 Å². The molecule has 3 nitrogen and oxygen atoms in total. The maximum atomic E-state index is 13.9. The Hall–Kier alpha value is -1.68. The van der Waals surface area contributed by atoms with E-state index in [0.717, 1.165) is 37.4 Å². The highest BCUT2D eigenvalue weighted by Gasteiger charge is 2.23. The number of rotatable bonds is 3. The molecule has 0 aliphatic carbocycles. The summed E-state index contributed by atoms with van der Waals surface area (Å²) in [7, 11) is 1.90. The van der Waals surface area contributed by atoms with E-state index < -0.39 is 0 Å². The van der Waals surface area contributed by atoms with Gasteiger partial charge in [0.2, 0.25) is 0 Å². The highest BCUT2D eigenvalue weighted by atomic mass is 19.1. The first-order chi connectivity index (χ1) is 8.81. The Kier molecular flexibility index (Phi) is 2.88. The molecule has 0 amide bonds. The van der Waals surface area contributed by atoms with Crippen molar-refractivity contribution in [3.05, 3.63) is 41.6 Å². The summed E-state index contributed by atoms with van der Waals surface area (Å²) in [4.78, 5) is 4.61. The Morgan fingerprint density at radius 2 is 2.22 bits per heavy atom. The van der Waals surface area contributed by atoms with Crippen LogP contribution in [0, 0.1) is 5.82 Å². The fourth-order valence-corrected chi connectivity index (χ4v) is 2.62. The van der Waals surface area contributed by atoms with Gasteiger partial charge in [0.05, 0.1) is 12.2 Å². The first-order valence-corrected chi connectivity index (χ1v) is 6.29. The van der Waals surface area contributed by atoms with E-state index in [2.05, 4.69) is 14.9 Å². The van der Waals surface area contributed by atoms with Crippen LogP contribution in [0.15, 0.2) is 24.3 Å². The number of imidazole rings is 1. The van der Waals surface area contributed by atoms with Crippen LogP contribution in [0.3, 0.4) is 0 Å². The molecule has 1 aliphatic heterocycles. The molecule has 4 heteroatoms. The minimum absolute atomic E-state index is 0.193. The van der Waals surface area contributed by atoms with Gasteiger partial charge in [-0.25, -0.2) is 9.37 Å². The first-order valence-electron chi connectivity index (χ1n) is 6.29. The van der Waals surface area contributed by atoms with Gasteiger partial charge in [0.25, 0.3) is 0 Å². The molecule has 94 valence electrons. The molecule has 0 bridgehead atoms. The second kappa shape index (κ2) is 4.53. The lowest BCUT2D eigenvalue weighted by Gasteiger charge is -2.02. The number of nitrogens with one attached hydrogen (secondary N) is 1. The third-order valence-electron chi connectivity index (χ3n) is 3.41. The second-order valence-electron chi connectivity index (χ2n) is 4.59. The largest absolute Gasteiger partial charge is 0.330 e. The summed E-state index contributed by atoms with van der Waals surface area (Å²) in [6.45, 7) is 1.72. The monoisotopic (exact) mass is 245 g/mol. The van der Waals surface area contributed by atoms with Gasteiger partial charge < -0.3 is 9.88 Å². The van der Waals surface area contributed by atoms with Crippen LogP contribution in [0.25, 0.3) is 11.3 Å². The lowest BCUT2D eigenvalue weighted by Crippen LogP contribution is -2.11. The van der Waals surface area contributed by atoms with Gasteiger partial charge in [-0.05, 0) is 32.0 Å². The molecule has 0 radical (unpaired) electrons. The molecule has 18 heavy (non-hydrogen) atoms. The molecule has 0 atom stereocenters. The molecule has 2 heterocycles. The summed E-state index contributed by atoms with van der Waals surface area (Å²) in [5.74, 6) is 0.810. The summed E-state index contributed by atoms with van der Waals surface area (Å²) in [5.41, 5.74) is 2.60. The van der Waals surface area contributed by atoms with Crippen molar-refractivity contribution in [2.75, 3.05) is 7.05 Å². The normalized spacial score (nSPS) is 13.9. The average molecular weight is 245 g/mol. The number of fused-ring (bicyclic) bond motifs is 1. The van der Waals surface area contributed by atoms with Crippen LogP contribution in [-0.2, 0) is 19.5 Å². The summed E-state index contributed by atoms with van der Waals surface area (Å²) in [6.07, 6.45) is 2.11. The van der Waals surface area contributed by atoms with Gasteiger partial charge in [0, 0.05) is 17.8 Å². The van der Waals surface area contributed by atoms with Gasteiger partial charge in [0.1, 0.15) is 11.6 Å². The number of nitrogens with zero attached hydrogens (tertiary/aromatic N) is 2. The predicted molar refractivity (Wildman–Crippen MR) is 68.7 cm³/mol. The van der Waals surface area contributed by atoms with E-state index in [4.69, 9.17) is 0 Å². The number of aromatic nitrogens is 2. The third-order valence-corrected chi connectivity index (χ3v) is 3.41. The second-order valence-corrected chi connectivity index (χ2v) is 4.59. The van der Waals surface area contributed by atoms with Gasteiger partial charge >= 0.3 is 0 Å². The van der Waals surface area contributed by atoms with Crippen LogP contribution >= 0.6 is 0 Å². The summed E-state index contributed by atoms with van der Waals surface area (Å²) in [5, 5.41) is 3.12. The third kappa shape index (κ3) is 1.73. The van der Waals surface area contributed by atoms with Crippen molar-refractivity contribution in [3.63, 3.8) is 0 Å². The van der Waals surface area contributed by atoms with Crippen molar-refractivity contribution in [2.24, 2.45) is 0 Å². The van der Waals surface area contributed by atoms with Crippen LogP contribution in [0.2, 0.25) is 0 Å². The van der Waals surface area contributed by atoms with Crippen LogP contribution in [0.1, 0.15) is 17.9 Å². The Balaban J connectivity index is 2.13. The summed E-state index contributed by atoms with van der Waals surface area (Å²) in [6, 6.07) is 6.87. The topological polar surface area (TPSA) is 29.9 Å². The molecule has 1 aliphatic rings. The Bertz CT molecular complexity index is 574. The van der Waals surface area contributed by atoms with Crippen molar-refractivity contribution < 1.29 is 4.39 Å². The fraction of sp³-hybridized carbons (Fsp3) is 0.357. The van der Waals surface area contributed by atoms with Crippen LogP contribution < -0.4 is 5.32 Å². The van der Waals surface area contributed by atoms with Gasteiger partial charge in [-0.2, -0.15) is 0 Å². The average Bonchev–Trinajstić information content (AvgIpc) is 2.94. The van der Waals surface area contributed by atoms with E-state index in [1.54, 1.807) is 12.1 Å². The minimum atomic E-state index is -0.193. The zero-order chi connectivity index (χ0) is 12.5. The lowest BCUT2D eigenvalue weighted by molar-refractivity contribution is 0.630. The van der Waals surface area contributed by atoms with Crippen molar-refractivity contribution in [2.45, 2.75) is 25.9 Å². The van der Waals surface area contributed by atoms with Crippen LogP contribution in [0.4, 0.5) is 4.39 Å². The smallest absolute Gasteiger partial charge is 0.132 e. The molecule has 1 aromatic carbocycles. The zero-order valence-corrected chi connectivity index (χ0v) is 10.4. The maximum Gasteiger partial charge on any atom is 0.132 e. The Morgan fingerprint density at radius 1 is 1.39 bits per heavy atom. The van der Waals surface area contributed by atoms with Crippen molar-refractivity contribution >= 4 is 0 Å². The van der Waals surface area contributed by atoms with Crippen molar-refractivity contribution in [1.82, 2.24) is 14.9 Å². The Morgan fingerprint density at radius 3 is 3.00 bits per heavy atom. The highest BCUT2D eigenvalue weighted by molar-refractivity contribution is 5.63. The fourth-order valence-electron chi connectivity index (χ4n) is 2.62. The molecule has 2 aromatic rings. The highest BCUT2D eigenvalue weighted by Crippen LogP contribution is 2.30. The number of hydrogen-bond donors (Lipinski definition) is 1. The molecule has 0 saturated carbocycles. The quantitative estimate of drug-likeness (QED) is 0.899. The SMILES string of the molecule is CNCc1nc(-c2ccccc2F)c2n1CCC2. The van der Waals surface area contributed by atoms with Gasteiger partial charge in [-0.15, -0.1) is 0 Å². The number of benzene rings is 1. The van der Waals surface area contributed by atoms with E-state index in [-0.39, 0.29) is 5.82 Å². The van der Waals surface area contributed by atoms with Crippen LogP contribution in [-0.4, -0.2) is 16.6 Å². The molecule has 1 N–H and O–H groups in total. The molecular weight excluding hydrogens is 229 g/mol. The predicted octanol–water partition coefficient (Wildman–Crippen LogP) is 2.35. The number of hydrogen-bond acceptors (Lipinski definition) is 2. The van der Waals surface area contributed by atoms with E-state index in [1.165, 1.54) is 11.8 Å². The van der Waals surface area contributed by atoms with Gasteiger partial charge in [0.15, 0.2) is 0 Å². The molecule has 3 rings (SSSR count). The van der Waals surface area contributed by atoms with Crippen LogP contribution in [0.5, 0.6) is 0 Å². The number of halogens is 1. The summed E-state index contributed by atoms with van der Waals surface area (Å²) < 4.78 is 16.1. The van der Waals surface area contributed by atoms with Crippen molar-refractivity contribution in [3.8, 4) is 11.3 Å². The minimum Gasteiger partial charge on any atom is -0.330 e.